The standard InChI is InChI=1S/C11H8ClFN2O2/c1-15-5-4-10(14-15)17-11(16)8-3-2-7(13)6-9(8)12/h2-6H,1H3. The lowest BCUT2D eigenvalue weighted by atomic mass is 10.2. The van der Waals surface area contributed by atoms with Crippen LogP contribution in [0.15, 0.2) is 30.5 Å². The fourth-order valence-electron chi connectivity index (χ4n) is 1.25. The van der Waals surface area contributed by atoms with Gasteiger partial charge in [-0.2, -0.15) is 0 Å². The highest BCUT2D eigenvalue weighted by Crippen LogP contribution is 2.19. The van der Waals surface area contributed by atoms with Crippen LogP contribution in [0.25, 0.3) is 0 Å². The molecule has 0 saturated carbocycles. The fourth-order valence-corrected chi connectivity index (χ4v) is 1.50. The second-order valence-corrected chi connectivity index (χ2v) is 3.75. The summed E-state index contributed by atoms with van der Waals surface area (Å²) in [5.74, 6) is -1.02. The summed E-state index contributed by atoms with van der Waals surface area (Å²) >= 11 is 5.73. The van der Waals surface area contributed by atoms with Gasteiger partial charge in [0, 0.05) is 19.3 Å². The average Bonchev–Trinajstić information content (AvgIpc) is 2.63. The Balaban J connectivity index is 2.20. The van der Waals surface area contributed by atoms with Gasteiger partial charge in [0.1, 0.15) is 5.82 Å². The van der Waals surface area contributed by atoms with Crippen molar-refractivity contribution in [3.8, 4) is 5.88 Å². The fraction of sp³-hybridized carbons (Fsp3) is 0.0909. The van der Waals surface area contributed by atoms with Gasteiger partial charge < -0.3 is 4.74 Å². The van der Waals surface area contributed by atoms with Crippen LogP contribution in [0.3, 0.4) is 0 Å². The Bertz CT molecular complexity index is 568. The maximum absolute atomic E-state index is 12.8. The Morgan fingerprint density at radius 3 is 2.82 bits per heavy atom. The lowest BCUT2D eigenvalue weighted by Gasteiger charge is -2.02. The summed E-state index contributed by atoms with van der Waals surface area (Å²) < 4.78 is 19.2. The van der Waals surface area contributed by atoms with Crippen molar-refractivity contribution >= 4 is 17.6 Å². The van der Waals surface area contributed by atoms with Gasteiger partial charge in [0.15, 0.2) is 0 Å². The van der Waals surface area contributed by atoms with Crippen molar-refractivity contribution in [1.82, 2.24) is 9.78 Å². The molecule has 0 aliphatic heterocycles. The molecule has 4 nitrogen and oxygen atoms in total. The molecule has 0 atom stereocenters. The predicted octanol–water partition coefficient (Wildman–Crippen LogP) is 2.43. The lowest BCUT2D eigenvalue weighted by molar-refractivity contribution is 0.0726. The number of hydrogen-bond acceptors (Lipinski definition) is 3. The van der Waals surface area contributed by atoms with E-state index in [1.54, 1.807) is 13.2 Å². The average molecular weight is 255 g/mol. The molecule has 0 aliphatic rings. The van der Waals surface area contributed by atoms with Crippen LogP contribution in [0, 0.1) is 5.82 Å². The molecule has 1 aromatic heterocycles. The van der Waals surface area contributed by atoms with Crippen molar-refractivity contribution < 1.29 is 13.9 Å². The number of aromatic nitrogens is 2. The Morgan fingerprint density at radius 1 is 1.47 bits per heavy atom. The van der Waals surface area contributed by atoms with Crippen molar-refractivity contribution in [3.63, 3.8) is 0 Å². The monoisotopic (exact) mass is 254 g/mol. The maximum atomic E-state index is 12.8. The number of rotatable bonds is 2. The summed E-state index contributed by atoms with van der Waals surface area (Å²) in [6.07, 6.45) is 1.63. The third-order valence-electron chi connectivity index (χ3n) is 2.04. The lowest BCUT2D eigenvalue weighted by Crippen LogP contribution is -2.09. The van der Waals surface area contributed by atoms with Crippen molar-refractivity contribution in [1.29, 1.82) is 0 Å². The van der Waals surface area contributed by atoms with Crippen LogP contribution in [0.1, 0.15) is 10.4 Å². The van der Waals surface area contributed by atoms with Gasteiger partial charge >= 0.3 is 5.97 Å². The molecule has 0 aliphatic carbocycles. The van der Waals surface area contributed by atoms with Gasteiger partial charge in [-0.05, 0) is 18.2 Å². The highest BCUT2D eigenvalue weighted by Gasteiger charge is 2.14. The second kappa shape index (κ2) is 4.55. The van der Waals surface area contributed by atoms with E-state index >= 15 is 0 Å². The van der Waals surface area contributed by atoms with Gasteiger partial charge in [-0.15, -0.1) is 5.10 Å². The van der Waals surface area contributed by atoms with Gasteiger partial charge in [0.25, 0.3) is 0 Å². The minimum Gasteiger partial charge on any atom is -0.402 e. The molecular weight excluding hydrogens is 247 g/mol. The molecule has 0 radical (unpaired) electrons. The smallest absolute Gasteiger partial charge is 0.346 e. The summed E-state index contributed by atoms with van der Waals surface area (Å²) in [5.41, 5.74) is 0.0960. The van der Waals surface area contributed by atoms with E-state index in [0.29, 0.717) is 0 Å². The van der Waals surface area contributed by atoms with Gasteiger partial charge in [-0.25, -0.2) is 9.18 Å². The Hall–Kier alpha value is -1.88. The third kappa shape index (κ3) is 2.62. The van der Waals surface area contributed by atoms with Crippen LogP contribution in [0.5, 0.6) is 5.88 Å². The van der Waals surface area contributed by atoms with E-state index in [0.717, 1.165) is 12.1 Å². The molecule has 17 heavy (non-hydrogen) atoms. The molecular formula is C11H8ClFN2O2. The van der Waals surface area contributed by atoms with Gasteiger partial charge in [-0.1, -0.05) is 11.6 Å². The summed E-state index contributed by atoms with van der Waals surface area (Å²) in [7, 11) is 1.70. The minimum absolute atomic E-state index is 0.00549. The van der Waals surface area contributed by atoms with Crippen LogP contribution in [0.2, 0.25) is 5.02 Å². The van der Waals surface area contributed by atoms with Crippen LogP contribution in [0.4, 0.5) is 4.39 Å². The summed E-state index contributed by atoms with van der Waals surface area (Å²) in [5, 5.41) is 3.89. The summed E-state index contributed by atoms with van der Waals surface area (Å²) in [4.78, 5) is 11.7. The number of ether oxygens (including phenoxy) is 1. The molecule has 0 unspecified atom stereocenters. The molecule has 0 saturated heterocycles. The van der Waals surface area contributed by atoms with Crippen molar-refractivity contribution in [2.24, 2.45) is 7.05 Å². The molecule has 0 bridgehead atoms. The molecule has 0 spiro atoms. The number of halogens is 2. The largest absolute Gasteiger partial charge is 0.402 e. The third-order valence-corrected chi connectivity index (χ3v) is 2.35. The first-order chi connectivity index (χ1) is 8.06. The quantitative estimate of drug-likeness (QED) is 0.773. The first-order valence-corrected chi connectivity index (χ1v) is 5.11. The van der Waals surface area contributed by atoms with Gasteiger partial charge in [-0.3, -0.25) is 4.68 Å². The van der Waals surface area contributed by atoms with Crippen LogP contribution < -0.4 is 4.74 Å². The number of carbonyl (C=O) groups excluding carboxylic acids is 1. The van der Waals surface area contributed by atoms with E-state index in [1.165, 1.54) is 16.8 Å². The first-order valence-electron chi connectivity index (χ1n) is 4.73. The van der Waals surface area contributed by atoms with E-state index in [4.69, 9.17) is 16.3 Å². The molecule has 1 heterocycles. The van der Waals surface area contributed by atoms with Crippen molar-refractivity contribution in [2.45, 2.75) is 0 Å². The highest BCUT2D eigenvalue weighted by atomic mass is 35.5. The van der Waals surface area contributed by atoms with E-state index in [9.17, 15) is 9.18 Å². The normalized spacial score (nSPS) is 10.3. The minimum atomic E-state index is -0.673. The van der Waals surface area contributed by atoms with Crippen molar-refractivity contribution in [3.05, 3.63) is 46.9 Å². The van der Waals surface area contributed by atoms with Crippen LogP contribution in [-0.2, 0) is 7.05 Å². The number of aryl methyl sites for hydroxylation is 1. The predicted molar refractivity (Wildman–Crippen MR) is 59.6 cm³/mol. The van der Waals surface area contributed by atoms with Crippen molar-refractivity contribution in [2.75, 3.05) is 0 Å². The zero-order valence-electron chi connectivity index (χ0n) is 8.85. The van der Waals surface area contributed by atoms with E-state index in [-0.39, 0.29) is 16.5 Å². The van der Waals surface area contributed by atoms with E-state index in [2.05, 4.69) is 5.10 Å². The van der Waals surface area contributed by atoms with Crippen LogP contribution >= 0.6 is 11.6 Å². The van der Waals surface area contributed by atoms with Gasteiger partial charge in [0.2, 0.25) is 5.88 Å². The summed E-state index contributed by atoms with van der Waals surface area (Å²) in [6.45, 7) is 0. The van der Waals surface area contributed by atoms with Gasteiger partial charge in [0.05, 0.1) is 10.6 Å². The number of hydrogen-bond donors (Lipinski definition) is 0. The number of nitrogens with zero attached hydrogens (tertiary/aromatic N) is 2. The second-order valence-electron chi connectivity index (χ2n) is 3.34. The molecule has 2 rings (SSSR count). The Morgan fingerprint density at radius 2 is 2.24 bits per heavy atom. The zero-order valence-corrected chi connectivity index (χ0v) is 9.61. The summed E-state index contributed by atoms with van der Waals surface area (Å²) in [6, 6.07) is 5.00. The molecule has 2 aromatic rings. The highest BCUT2D eigenvalue weighted by molar-refractivity contribution is 6.33. The number of benzene rings is 1. The van der Waals surface area contributed by atoms with Crippen LogP contribution in [-0.4, -0.2) is 15.7 Å². The molecule has 0 amide bonds. The molecule has 0 fully saturated rings. The van der Waals surface area contributed by atoms with E-state index in [1.807, 2.05) is 0 Å². The molecule has 6 heteroatoms. The Labute approximate surface area is 102 Å². The Kier molecular flexibility index (Phi) is 3.10. The number of carbonyl (C=O) groups is 1. The maximum Gasteiger partial charge on any atom is 0.346 e. The zero-order chi connectivity index (χ0) is 12.4. The first kappa shape index (κ1) is 11.6. The molecule has 0 N–H and O–H groups in total. The molecule has 1 aromatic carbocycles. The SMILES string of the molecule is Cn1ccc(OC(=O)c2ccc(F)cc2Cl)n1. The van der Waals surface area contributed by atoms with E-state index < -0.39 is 11.8 Å². The number of esters is 1. The topological polar surface area (TPSA) is 44.1 Å². The molecule has 88 valence electrons.